The van der Waals surface area contributed by atoms with Crippen LogP contribution < -0.4 is 10.2 Å². The number of hydrogen-bond donors (Lipinski definition) is 1. The van der Waals surface area contributed by atoms with E-state index in [1.165, 1.54) is 0 Å². The van der Waals surface area contributed by atoms with E-state index in [2.05, 4.69) is 25.7 Å². The van der Waals surface area contributed by atoms with Crippen molar-refractivity contribution < 1.29 is 9.53 Å². The number of aromatic nitrogens is 3. The minimum absolute atomic E-state index is 0.0597. The molecular weight excluding hydrogens is 330 g/mol. The number of anilines is 1. The summed E-state index contributed by atoms with van der Waals surface area (Å²) >= 11 is 0. The van der Waals surface area contributed by atoms with Crippen LogP contribution in [0.3, 0.4) is 0 Å². The number of carbonyl (C=O) groups excluding carboxylic acids is 1. The van der Waals surface area contributed by atoms with Gasteiger partial charge in [0.1, 0.15) is 0 Å². The van der Waals surface area contributed by atoms with E-state index < -0.39 is 0 Å². The lowest BCUT2D eigenvalue weighted by atomic mass is 9.96. The van der Waals surface area contributed by atoms with Gasteiger partial charge in [-0.25, -0.2) is 9.97 Å². The van der Waals surface area contributed by atoms with Crippen molar-refractivity contribution in [1.29, 1.82) is 0 Å². The van der Waals surface area contributed by atoms with E-state index in [1.54, 1.807) is 13.3 Å². The van der Waals surface area contributed by atoms with Gasteiger partial charge in [-0.3, -0.25) is 4.79 Å². The van der Waals surface area contributed by atoms with Gasteiger partial charge >= 0.3 is 0 Å². The number of carbonyl (C=O) groups is 1. The molecule has 1 N–H and O–H groups in total. The molecule has 136 valence electrons. The number of fused-ring (bicyclic) bond motifs is 3. The largest absolute Gasteiger partial charge is 0.383 e. The molecule has 7 heteroatoms. The Hall–Kier alpha value is -2.67. The molecule has 4 rings (SSSR count). The molecule has 0 spiro atoms. The maximum atomic E-state index is 12.2. The summed E-state index contributed by atoms with van der Waals surface area (Å²) in [5.74, 6) is 1.13. The Bertz CT molecular complexity index is 915. The second kappa shape index (κ2) is 7.29. The van der Waals surface area contributed by atoms with E-state index in [1.807, 2.05) is 24.4 Å². The number of pyridine rings is 1. The van der Waals surface area contributed by atoms with Crippen LogP contribution in [-0.2, 0) is 9.53 Å². The molecular formula is C19H23N5O2. The van der Waals surface area contributed by atoms with Gasteiger partial charge in [-0.1, -0.05) is 0 Å². The number of nitrogens with one attached hydrogen (secondary N) is 1. The average Bonchev–Trinajstić information content (AvgIpc) is 3.18. The summed E-state index contributed by atoms with van der Waals surface area (Å²) in [5.41, 5.74) is 2.82. The summed E-state index contributed by atoms with van der Waals surface area (Å²) in [6.45, 7) is 2.74. The summed E-state index contributed by atoms with van der Waals surface area (Å²) in [6.07, 6.45) is 5.47. The summed E-state index contributed by atoms with van der Waals surface area (Å²) in [6, 6.07) is 8.07. The Labute approximate surface area is 152 Å². The van der Waals surface area contributed by atoms with Gasteiger partial charge in [0.25, 0.3) is 0 Å². The Morgan fingerprint density at radius 1 is 1.27 bits per heavy atom. The third kappa shape index (κ3) is 3.10. The third-order valence-corrected chi connectivity index (χ3v) is 4.99. The number of piperidine rings is 1. The van der Waals surface area contributed by atoms with E-state index in [9.17, 15) is 4.79 Å². The van der Waals surface area contributed by atoms with Crippen LogP contribution >= 0.6 is 0 Å². The predicted molar refractivity (Wildman–Crippen MR) is 100 cm³/mol. The van der Waals surface area contributed by atoms with Crippen LogP contribution in [0.2, 0.25) is 0 Å². The molecule has 1 amide bonds. The smallest absolute Gasteiger partial charge is 0.223 e. The van der Waals surface area contributed by atoms with Crippen LogP contribution in [0.25, 0.3) is 16.7 Å². The summed E-state index contributed by atoms with van der Waals surface area (Å²) in [4.78, 5) is 23.7. The van der Waals surface area contributed by atoms with Crippen LogP contribution in [0.1, 0.15) is 12.8 Å². The van der Waals surface area contributed by atoms with Crippen molar-refractivity contribution >= 4 is 28.4 Å². The topological polar surface area (TPSA) is 71.8 Å². The summed E-state index contributed by atoms with van der Waals surface area (Å²) in [5, 5.41) is 2.95. The van der Waals surface area contributed by atoms with Gasteiger partial charge in [-0.05, 0) is 37.1 Å². The maximum absolute atomic E-state index is 12.2. The minimum atomic E-state index is 0.0597. The predicted octanol–water partition coefficient (Wildman–Crippen LogP) is 1.86. The van der Waals surface area contributed by atoms with E-state index >= 15 is 0 Å². The molecule has 7 nitrogen and oxygen atoms in total. The van der Waals surface area contributed by atoms with Gasteiger partial charge in [0.15, 0.2) is 11.5 Å². The molecule has 4 heterocycles. The Balaban J connectivity index is 1.52. The first-order chi connectivity index (χ1) is 12.8. The zero-order chi connectivity index (χ0) is 17.9. The molecule has 0 radical (unpaired) electrons. The number of ether oxygens (including phenoxy) is 1. The molecule has 1 saturated heterocycles. The fourth-order valence-electron chi connectivity index (χ4n) is 3.60. The molecule has 26 heavy (non-hydrogen) atoms. The standard InChI is InChI=1S/C19H23N5O2/c1-26-13-9-21-19(25)14-6-11-23(12-7-14)18-16-5-3-10-24(16)15-4-2-8-20-17(15)22-18/h2-5,8,10,14H,6-7,9,11-13H2,1H3,(H,21,25). The molecule has 0 aliphatic carbocycles. The highest BCUT2D eigenvalue weighted by Gasteiger charge is 2.26. The minimum Gasteiger partial charge on any atom is -0.383 e. The van der Waals surface area contributed by atoms with Crippen molar-refractivity contribution in [3.8, 4) is 0 Å². The number of amides is 1. The molecule has 1 aliphatic rings. The second-order valence-electron chi connectivity index (χ2n) is 6.59. The average molecular weight is 353 g/mol. The van der Waals surface area contributed by atoms with Gasteiger partial charge in [0.05, 0.1) is 17.6 Å². The zero-order valence-corrected chi connectivity index (χ0v) is 14.9. The molecule has 0 aromatic carbocycles. The monoisotopic (exact) mass is 353 g/mol. The van der Waals surface area contributed by atoms with Gasteiger partial charge in [0, 0.05) is 45.1 Å². The van der Waals surface area contributed by atoms with Crippen LogP contribution in [0.5, 0.6) is 0 Å². The number of nitrogens with zero attached hydrogens (tertiary/aromatic N) is 4. The zero-order valence-electron chi connectivity index (χ0n) is 14.9. The molecule has 1 fully saturated rings. The molecule has 3 aromatic rings. The third-order valence-electron chi connectivity index (χ3n) is 4.99. The van der Waals surface area contributed by atoms with Crippen molar-refractivity contribution in [2.24, 2.45) is 5.92 Å². The van der Waals surface area contributed by atoms with Crippen LogP contribution in [0.4, 0.5) is 5.82 Å². The van der Waals surface area contributed by atoms with Crippen molar-refractivity contribution in [2.75, 3.05) is 38.3 Å². The quantitative estimate of drug-likeness (QED) is 0.709. The van der Waals surface area contributed by atoms with E-state index in [0.29, 0.717) is 13.2 Å². The highest BCUT2D eigenvalue weighted by atomic mass is 16.5. The van der Waals surface area contributed by atoms with Gasteiger partial charge in [-0.2, -0.15) is 0 Å². The lowest BCUT2D eigenvalue weighted by Gasteiger charge is -2.32. The fourth-order valence-corrected chi connectivity index (χ4v) is 3.60. The Morgan fingerprint density at radius 3 is 2.88 bits per heavy atom. The van der Waals surface area contributed by atoms with E-state index in [-0.39, 0.29) is 11.8 Å². The number of methoxy groups -OCH3 is 1. The second-order valence-corrected chi connectivity index (χ2v) is 6.59. The summed E-state index contributed by atoms with van der Waals surface area (Å²) < 4.78 is 7.12. The SMILES string of the molecule is COCCNC(=O)C1CCN(c2nc3ncccc3n3cccc23)CC1. The van der Waals surface area contributed by atoms with Crippen molar-refractivity contribution in [3.63, 3.8) is 0 Å². The molecule has 0 unspecified atom stereocenters. The van der Waals surface area contributed by atoms with Crippen molar-refractivity contribution in [2.45, 2.75) is 12.8 Å². The maximum Gasteiger partial charge on any atom is 0.223 e. The van der Waals surface area contributed by atoms with Crippen LogP contribution in [0, 0.1) is 5.92 Å². The molecule has 0 atom stereocenters. The Kier molecular flexibility index (Phi) is 4.71. The first-order valence-electron chi connectivity index (χ1n) is 9.01. The molecule has 0 saturated carbocycles. The van der Waals surface area contributed by atoms with Crippen LogP contribution in [0.15, 0.2) is 36.7 Å². The summed E-state index contributed by atoms with van der Waals surface area (Å²) in [7, 11) is 1.64. The van der Waals surface area contributed by atoms with Crippen LogP contribution in [-0.4, -0.2) is 53.6 Å². The highest BCUT2D eigenvalue weighted by Crippen LogP contribution is 2.28. The van der Waals surface area contributed by atoms with Gasteiger partial charge in [0.2, 0.25) is 5.91 Å². The van der Waals surface area contributed by atoms with Crippen molar-refractivity contribution in [1.82, 2.24) is 19.7 Å². The fraction of sp³-hybridized carbons (Fsp3) is 0.421. The van der Waals surface area contributed by atoms with Gasteiger partial charge in [-0.15, -0.1) is 0 Å². The lowest BCUT2D eigenvalue weighted by Crippen LogP contribution is -2.41. The number of hydrogen-bond acceptors (Lipinski definition) is 5. The molecule has 0 bridgehead atoms. The normalized spacial score (nSPS) is 15.7. The Morgan fingerprint density at radius 2 is 2.08 bits per heavy atom. The highest BCUT2D eigenvalue weighted by molar-refractivity contribution is 5.83. The molecule has 1 aliphatic heterocycles. The lowest BCUT2D eigenvalue weighted by molar-refractivity contribution is -0.125. The first kappa shape index (κ1) is 16.8. The van der Waals surface area contributed by atoms with Gasteiger partial charge < -0.3 is 19.4 Å². The number of rotatable bonds is 5. The van der Waals surface area contributed by atoms with E-state index in [0.717, 1.165) is 48.4 Å². The van der Waals surface area contributed by atoms with E-state index in [4.69, 9.17) is 9.72 Å². The molecule has 3 aromatic heterocycles. The van der Waals surface area contributed by atoms with Crippen molar-refractivity contribution in [3.05, 3.63) is 36.7 Å². The first-order valence-corrected chi connectivity index (χ1v) is 9.01.